The first kappa shape index (κ1) is 17.8. The lowest BCUT2D eigenvalue weighted by atomic mass is 9.98. The van der Waals surface area contributed by atoms with Crippen LogP contribution in [0.15, 0.2) is 24.3 Å². The van der Waals surface area contributed by atoms with Crippen molar-refractivity contribution in [2.75, 3.05) is 6.61 Å². The number of benzene rings is 1. The Morgan fingerprint density at radius 1 is 1.43 bits per heavy atom. The van der Waals surface area contributed by atoms with E-state index in [-0.39, 0.29) is 24.4 Å². The molecule has 118 valence electrons. The Morgan fingerprint density at radius 3 is 2.71 bits per heavy atom. The maximum atomic E-state index is 12.2. The summed E-state index contributed by atoms with van der Waals surface area (Å²) in [4.78, 5) is 12.2. The fraction of sp³-hybridized carbons (Fsp3) is 0.562. The average Bonchev–Trinajstić information content (AvgIpc) is 2.85. The Balaban J connectivity index is 0.00000220. The summed E-state index contributed by atoms with van der Waals surface area (Å²) >= 11 is 0. The number of aryl methyl sites for hydroxylation is 1. The minimum Gasteiger partial charge on any atom is -0.491 e. The number of hydrogen-bond donors (Lipinski definition) is 2. The molecule has 1 atom stereocenters. The summed E-state index contributed by atoms with van der Waals surface area (Å²) in [5, 5.41) is 2.96. The highest BCUT2D eigenvalue weighted by Crippen LogP contribution is 2.27. The number of halogens is 1. The van der Waals surface area contributed by atoms with Gasteiger partial charge in [0, 0.05) is 0 Å². The van der Waals surface area contributed by atoms with Gasteiger partial charge in [0.2, 0.25) is 5.91 Å². The van der Waals surface area contributed by atoms with Crippen LogP contribution < -0.4 is 15.8 Å². The van der Waals surface area contributed by atoms with Gasteiger partial charge in [0.05, 0.1) is 11.6 Å². The molecule has 0 spiro atoms. The van der Waals surface area contributed by atoms with Crippen molar-refractivity contribution in [3.63, 3.8) is 0 Å². The van der Waals surface area contributed by atoms with Crippen molar-refractivity contribution in [3.05, 3.63) is 29.8 Å². The predicted molar refractivity (Wildman–Crippen MR) is 86.9 cm³/mol. The first-order chi connectivity index (χ1) is 9.49. The molecule has 0 aromatic heterocycles. The minimum absolute atomic E-state index is 0. The molecule has 1 aliphatic rings. The van der Waals surface area contributed by atoms with Crippen molar-refractivity contribution < 1.29 is 9.53 Å². The Morgan fingerprint density at radius 2 is 2.10 bits per heavy atom. The third-order valence-electron chi connectivity index (χ3n) is 3.82. The summed E-state index contributed by atoms with van der Waals surface area (Å²) < 4.78 is 5.69. The zero-order valence-electron chi connectivity index (χ0n) is 12.7. The van der Waals surface area contributed by atoms with Crippen LogP contribution in [0.3, 0.4) is 0 Å². The molecule has 5 heteroatoms. The molecule has 1 saturated carbocycles. The lowest BCUT2D eigenvalue weighted by molar-refractivity contribution is -0.127. The van der Waals surface area contributed by atoms with E-state index < -0.39 is 5.54 Å². The number of nitrogens with two attached hydrogens (primary N) is 1. The van der Waals surface area contributed by atoms with Crippen molar-refractivity contribution in [2.45, 2.75) is 51.1 Å². The number of nitrogens with one attached hydrogen (secondary N) is 1. The normalized spacial score (nSPS) is 17.7. The number of amides is 1. The molecule has 3 N–H and O–H groups in total. The van der Waals surface area contributed by atoms with Crippen molar-refractivity contribution >= 4 is 18.3 Å². The largest absolute Gasteiger partial charge is 0.491 e. The van der Waals surface area contributed by atoms with E-state index in [1.807, 2.05) is 38.1 Å². The van der Waals surface area contributed by atoms with Crippen LogP contribution in [-0.2, 0) is 4.79 Å². The van der Waals surface area contributed by atoms with Crippen LogP contribution in [0.4, 0.5) is 0 Å². The SMILES string of the molecule is Cc1cccc(OCC(C)NC(=O)C2(N)CCCC2)c1.Cl. The zero-order chi connectivity index (χ0) is 14.6. The van der Waals surface area contributed by atoms with Crippen molar-refractivity contribution in [3.8, 4) is 5.75 Å². The molecule has 1 aliphatic carbocycles. The molecule has 0 aliphatic heterocycles. The van der Waals surface area contributed by atoms with Crippen molar-refractivity contribution in [1.82, 2.24) is 5.32 Å². The topological polar surface area (TPSA) is 64.3 Å². The summed E-state index contributed by atoms with van der Waals surface area (Å²) in [5.74, 6) is 0.782. The molecule has 1 fully saturated rings. The molecular formula is C16H25ClN2O2. The minimum atomic E-state index is -0.669. The summed E-state index contributed by atoms with van der Waals surface area (Å²) in [5.41, 5.74) is 6.61. The number of carbonyl (C=O) groups is 1. The van der Waals surface area contributed by atoms with Gasteiger partial charge in [-0.15, -0.1) is 12.4 Å². The molecule has 1 aromatic carbocycles. The summed E-state index contributed by atoms with van der Waals surface area (Å²) in [6.07, 6.45) is 3.64. The average molecular weight is 313 g/mol. The van der Waals surface area contributed by atoms with Crippen LogP contribution in [0.5, 0.6) is 5.75 Å². The highest BCUT2D eigenvalue weighted by atomic mass is 35.5. The Kier molecular flexibility index (Phi) is 6.49. The lowest BCUT2D eigenvalue weighted by Gasteiger charge is -2.25. The van der Waals surface area contributed by atoms with Crippen LogP contribution >= 0.6 is 12.4 Å². The predicted octanol–water partition coefficient (Wildman–Crippen LogP) is 2.57. The van der Waals surface area contributed by atoms with Gasteiger partial charge in [-0.1, -0.05) is 25.0 Å². The van der Waals surface area contributed by atoms with Gasteiger partial charge in [0.25, 0.3) is 0 Å². The van der Waals surface area contributed by atoms with Crippen LogP contribution in [-0.4, -0.2) is 24.1 Å². The molecule has 0 radical (unpaired) electrons. The molecule has 0 bridgehead atoms. The van der Waals surface area contributed by atoms with Gasteiger partial charge in [-0.05, 0) is 44.4 Å². The molecule has 4 nitrogen and oxygen atoms in total. The Hall–Kier alpha value is -1.26. The molecular weight excluding hydrogens is 288 g/mol. The van der Waals surface area contributed by atoms with Crippen LogP contribution in [0.2, 0.25) is 0 Å². The third-order valence-corrected chi connectivity index (χ3v) is 3.82. The number of rotatable bonds is 5. The molecule has 1 amide bonds. The molecule has 1 aromatic rings. The van der Waals surface area contributed by atoms with E-state index >= 15 is 0 Å². The van der Waals surface area contributed by atoms with Gasteiger partial charge in [-0.3, -0.25) is 4.79 Å². The zero-order valence-corrected chi connectivity index (χ0v) is 13.5. The van der Waals surface area contributed by atoms with E-state index in [2.05, 4.69) is 5.32 Å². The summed E-state index contributed by atoms with van der Waals surface area (Å²) in [6, 6.07) is 7.83. The molecule has 0 saturated heterocycles. The fourth-order valence-electron chi connectivity index (χ4n) is 2.57. The van der Waals surface area contributed by atoms with E-state index in [1.165, 1.54) is 0 Å². The molecule has 1 unspecified atom stereocenters. The summed E-state index contributed by atoms with van der Waals surface area (Å²) in [7, 11) is 0. The smallest absolute Gasteiger partial charge is 0.240 e. The Labute approximate surface area is 132 Å². The number of ether oxygens (including phenoxy) is 1. The molecule has 0 heterocycles. The van der Waals surface area contributed by atoms with Crippen molar-refractivity contribution in [2.24, 2.45) is 5.73 Å². The van der Waals surface area contributed by atoms with Gasteiger partial charge in [0.15, 0.2) is 0 Å². The standard InChI is InChI=1S/C16H24N2O2.ClH/c1-12-6-5-7-14(10-12)20-11-13(2)18-15(19)16(17)8-3-4-9-16;/h5-7,10,13H,3-4,8-9,11,17H2,1-2H3,(H,18,19);1H. The third kappa shape index (κ3) is 4.90. The van der Waals surface area contributed by atoms with Gasteiger partial charge >= 0.3 is 0 Å². The van der Waals surface area contributed by atoms with Gasteiger partial charge in [-0.25, -0.2) is 0 Å². The van der Waals surface area contributed by atoms with E-state index in [0.29, 0.717) is 6.61 Å². The van der Waals surface area contributed by atoms with Crippen LogP contribution in [0.25, 0.3) is 0 Å². The second kappa shape index (κ2) is 7.66. The van der Waals surface area contributed by atoms with Crippen LogP contribution in [0, 0.1) is 6.92 Å². The Bertz CT molecular complexity index is 473. The highest BCUT2D eigenvalue weighted by molar-refractivity contribution is 5.86. The van der Waals surface area contributed by atoms with E-state index in [9.17, 15) is 4.79 Å². The second-order valence-electron chi connectivity index (χ2n) is 5.87. The van der Waals surface area contributed by atoms with Gasteiger partial charge < -0.3 is 15.8 Å². The van der Waals surface area contributed by atoms with Gasteiger partial charge in [0.1, 0.15) is 12.4 Å². The van der Waals surface area contributed by atoms with E-state index in [4.69, 9.17) is 10.5 Å². The second-order valence-corrected chi connectivity index (χ2v) is 5.87. The monoisotopic (exact) mass is 312 g/mol. The molecule has 21 heavy (non-hydrogen) atoms. The first-order valence-electron chi connectivity index (χ1n) is 7.29. The quantitative estimate of drug-likeness (QED) is 0.878. The van der Waals surface area contributed by atoms with E-state index in [0.717, 1.165) is 37.0 Å². The molecule has 2 rings (SSSR count). The maximum Gasteiger partial charge on any atom is 0.240 e. The first-order valence-corrected chi connectivity index (χ1v) is 7.29. The highest BCUT2D eigenvalue weighted by Gasteiger charge is 2.37. The number of carbonyl (C=O) groups excluding carboxylic acids is 1. The summed E-state index contributed by atoms with van der Waals surface area (Å²) in [6.45, 7) is 4.41. The van der Waals surface area contributed by atoms with Crippen molar-refractivity contribution in [1.29, 1.82) is 0 Å². The lowest BCUT2D eigenvalue weighted by Crippen LogP contribution is -2.54. The fourth-order valence-corrected chi connectivity index (χ4v) is 2.57. The van der Waals surface area contributed by atoms with Crippen LogP contribution in [0.1, 0.15) is 38.2 Å². The maximum absolute atomic E-state index is 12.2. The van der Waals surface area contributed by atoms with E-state index in [1.54, 1.807) is 0 Å². The number of hydrogen-bond acceptors (Lipinski definition) is 3. The van der Waals surface area contributed by atoms with Gasteiger partial charge in [-0.2, -0.15) is 0 Å².